The fourth-order valence-corrected chi connectivity index (χ4v) is 2.70. The quantitative estimate of drug-likeness (QED) is 0.880. The maximum Gasteiger partial charge on any atom is 0.258 e. The van der Waals surface area contributed by atoms with E-state index in [-0.39, 0.29) is 18.7 Å². The van der Waals surface area contributed by atoms with Crippen LogP contribution < -0.4 is 9.47 Å². The molecule has 2 aromatic rings. The van der Waals surface area contributed by atoms with Gasteiger partial charge >= 0.3 is 0 Å². The van der Waals surface area contributed by atoms with Gasteiger partial charge in [0.1, 0.15) is 18.2 Å². The molecule has 22 heavy (non-hydrogen) atoms. The third-order valence-electron chi connectivity index (χ3n) is 3.77. The predicted octanol–water partition coefficient (Wildman–Crippen LogP) is 0.747. The number of nitrogens with one attached hydrogen (secondary N) is 1. The molecule has 0 bridgehead atoms. The predicted molar refractivity (Wildman–Crippen MR) is 73.5 cm³/mol. The summed E-state index contributed by atoms with van der Waals surface area (Å²) in [4.78, 5) is 18.8. The van der Waals surface area contributed by atoms with Gasteiger partial charge in [-0.15, -0.1) is 0 Å². The molecule has 1 saturated heterocycles. The molecule has 0 aliphatic carbocycles. The van der Waals surface area contributed by atoms with Gasteiger partial charge in [-0.3, -0.25) is 9.89 Å². The Morgan fingerprint density at radius 2 is 2.32 bits per heavy atom. The summed E-state index contributed by atoms with van der Waals surface area (Å²) in [5, 5.41) is 6.65. The van der Waals surface area contributed by atoms with Crippen LogP contribution in [-0.4, -0.2) is 52.5 Å². The number of nitrogens with zero attached hydrogens (tertiary/aromatic N) is 3. The van der Waals surface area contributed by atoms with Crippen molar-refractivity contribution in [3.63, 3.8) is 0 Å². The Bertz CT molecular complexity index is 688. The summed E-state index contributed by atoms with van der Waals surface area (Å²) in [5.41, 5.74) is 0.487. The molecule has 1 aromatic carbocycles. The number of benzene rings is 1. The van der Waals surface area contributed by atoms with E-state index in [1.54, 1.807) is 23.1 Å². The Hall–Kier alpha value is -2.61. The number of ether oxygens (including phenoxy) is 3. The maximum absolute atomic E-state index is 12.9. The van der Waals surface area contributed by atoms with Gasteiger partial charge in [-0.2, -0.15) is 5.10 Å². The van der Waals surface area contributed by atoms with Crippen molar-refractivity contribution in [1.29, 1.82) is 0 Å². The number of aromatic amines is 1. The van der Waals surface area contributed by atoms with Crippen LogP contribution in [0.3, 0.4) is 0 Å². The molecule has 0 saturated carbocycles. The second kappa shape index (κ2) is 5.30. The number of para-hydroxylation sites is 1. The van der Waals surface area contributed by atoms with Crippen LogP contribution in [-0.2, 0) is 4.74 Å². The third kappa shape index (κ3) is 2.08. The zero-order valence-electron chi connectivity index (χ0n) is 11.7. The lowest BCUT2D eigenvalue weighted by Gasteiger charge is -2.34. The molecule has 114 valence electrons. The lowest BCUT2D eigenvalue weighted by molar-refractivity contribution is -0.00528. The summed E-state index contributed by atoms with van der Waals surface area (Å²) >= 11 is 0. The smallest absolute Gasteiger partial charge is 0.258 e. The number of morpholine rings is 1. The number of amides is 1. The van der Waals surface area contributed by atoms with Gasteiger partial charge in [0.2, 0.25) is 6.79 Å². The Kier molecular flexibility index (Phi) is 3.15. The molecule has 8 nitrogen and oxygen atoms in total. The van der Waals surface area contributed by atoms with Crippen LogP contribution >= 0.6 is 0 Å². The molecule has 1 fully saturated rings. The summed E-state index contributed by atoms with van der Waals surface area (Å²) in [5.74, 6) is 1.57. The summed E-state index contributed by atoms with van der Waals surface area (Å²) < 4.78 is 16.2. The largest absolute Gasteiger partial charge is 0.454 e. The number of carbonyl (C=O) groups is 1. The molecular weight excluding hydrogens is 288 g/mol. The van der Waals surface area contributed by atoms with E-state index in [9.17, 15) is 4.79 Å². The van der Waals surface area contributed by atoms with Crippen molar-refractivity contribution in [3.8, 4) is 11.5 Å². The highest BCUT2D eigenvalue weighted by atomic mass is 16.7. The van der Waals surface area contributed by atoms with Crippen LogP contribution in [0.5, 0.6) is 11.5 Å². The van der Waals surface area contributed by atoms with Crippen LogP contribution in [0, 0.1) is 0 Å². The average Bonchev–Trinajstić information content (AvgIpc) is 3.25. The first-order chi connectivity index (χ1) is 10.8. The van der Waals surface area contributed by atoms with Gasteiger partial charge < -0.3 is 19.1 Å². The van der Waals surface area contributed by atoms with E-state index in [0.717, 1.165) is 0 Å². The van der Waals surface area contributed by atoms with Crippen molar-refractivity contribution in [1.82, 2.24) is 20.1 Å². The standard InChI is InChI=1S/C14H14N4O4/c19-14(9-2-1-3-11-12(9)22-8-21-11)18-4-5-20-6-10(18)13-15-7-16-17-13/h1-3,7,10H,4-6,8H2,(H,15,16,17). The van der Waals surface area contributed by atoms with Crippen molar-refractivity contribution in [2.75, 3.05) is 26.6 Å². The van der Waals surface area contributed by atoms with Crippen molar-refractivity contribution in [2.24, 2.45) is 0 Å². The summed E-state index contributed by atoms with van der Waals surface area (Å²) in [6, 6.07) is 5.02. The summed E-state index contributed by atoms with van der Waals surface area (Å²) in [7, 11) is 0. The van der Waals surface area contributed by atoms with Crippen LogP contribution in [0.1, 0.15) is 22.2 Å². The molecule has 1 amide bonds. The number of carbonyl (C=O) groups excluding carboxylic acids is 1. The van der Waals surface area contributed by atoms with E-state index in [1.165, 1.54) is 6.33 Å². The molecule has 1 atom stereocenters. The van der Waals surface area contributed by atoms with E-state index in [1.807, 2.05) is 0 Å². The van der Waals surface area contributed by atoms with Crippen molar-refractivity contribution >= 4 is 5.91 Å². The summed E-state index contributed by atoms with van der Waals surface area (Å²) in [6.45, 7) is 1.49. The van der Waals surface area contributed by atoms with Gasteiger partial charge in [-0.05, 0) is 12.1 Å². The molecule has 4 rings (SSSR count). The van der Waals surface area contributed by atoms with Crippen LogP contribution in [0.2, 0.25) is 0 Å². The normalized spacial score (nSPS) is 20.2. The highest BCUT2D eigenvalue weighted by Crippen LogP contribution is 2.37. The molecule has 0 radical (unpaired) electrons. The fraction of sp³-hybridized carbons (Fsp3) is 0.357. The maximum atomic E-state index is 12.9. The first-order valence-electron chi connectivity index (χ1n) is 6.97. The van der Waals surface area contributed by atoms with Crippen molar-refractivity contribution < 1.29 is 19.0 Å². The lowest BCUT2D eigenvalue weighted by atomic mass is 10.1. The van der Waals surface area contributed by atoms with E-state index in [4.69, 9.17) is 14.2 Å². The average molecular weight is 302 g/mol. The van der Waals surface area contributed by atoms with Gasteiger partial charge in [0.15, 0.2) is 11.5 Å². The van der Waals surface area contributed by atoms with E-state index >= 15 is 0 Å². The van der Waals surface area contributed by atoms with Gasteiger partial charge in [-0.25, -0.2) is 4.98 Å². The number of fused-ring (bicyclic) bond motifs is 1. The van der Waals surface area contributed by atoms with Gasteiger partial charge in [0.25, 0.3) is 5.91 Å². The lowest BCUT2D eigenvalue weighted by Crippen LogP contribution is -2.44. The second-order valence-corrected chi connectivity index (χ2v) is 5.00. The number of hydrogen-bond acceptors (Lipinski definition) is 6. The third-order valence-corrected chi connectivity index (χ3v) is 3.77. The number of aromatic nitrogens is 3. The Labute approximate surface area is 126 Å². The molecule has 0 spiro atoms. The second-order valence-electron chi connectivity index (χ2n) is 5.00. The zero-order chi connectivity index (χ0) is 14.9. The molecular formula is C14H14N4O4. The van der Waals surface area contributed by atoms with Gasteiger partial charge in [0.05, 0.1) is 18.8 Å². The summed E-state index contributed by atoms with van der Waals surface area (Å²) in [6.07, 6.45) is 1.42. The monoisotopic (exact) mass is 302 g/mol. The Balaban J connectivity index is 1.68. The van der Waals surface area contributed by atoms with Crippen LogP contribution in [0.15, 0.2) is 24.5 Å². The molecule has 8 heteroatoms. The first-order valence-corrected chi connectivity index (χ1v) is 6.97. The molecule has 2 aliphatic rings. The fourth-order valence-electron chi connectivity index (χ4n) is 2.70. The minimum atomic E-state index is -0.290. The highest BCUT2D eigenvalue weighted by Gasteiger charge is 2.33. The Morgan fingerprint density at radius 3 is 3.18 bits per heavy atom. The minimum Gasteiger partial charge on any atom is -0.454 e. The zero-order valence-corrected chi connectivity index (χ0v) is 11.7. The molecule has 2 aliphatic heterocycles. The highest BCUT2D eigenvalue weighted by molar-refractivity contribution is 5.98. The van der Waals surface area contributed by atoms with Gasteiger partial charge in [-0.1, -0.05) is 6.07 Å². The molecule has 1 unspecified atom stereocenters. The molecule has 1 N–H and O–H groups in total. The van der Waals surface area contributed by atoms with E-state index < -0.39 is 0 Å². The topological polar surface area (TPSA) is 89.6 Å². The van der Waals surface area contributed by atoms with Crippen molar-refractivity contribution in [2.45, 2.75) is 6.04 Å². The molecule has 3 heterocycles. The van der Waals surface area contributed by atoms with E-state index in [0.29, 0.717) is 42.6 Å². The van der Waals surface area contributed by atoms with E-state index in [2.05, 4.69) is 15.2 Å². The first kappa shape index (κ1) is 13.1. The van der Waals surface area contributed by atoms with Gasteiger partial charge in [0, 0.05) is 6.54 Å². The van der Waals surface area contributed by atoms with Crippen molar-refractivity contribution in [3.05, 3.63) is 35.9 Å². The Morgan fingerprint density at radius 1 is 1.36 bits per heavy atom. The number of hydrogen-bond donors (Lipinski definition) is 1. The number of rotatable bonds is 2. The minimum absolute atomic E-state index is 0.132. The van der Waals surface area contributed by atoms with Crippen LogP contribution in [0.25, 0.3) is 0 Å². The SMILES string of the molecule is O=C(c1cccc2c1OCO2)N1CCOCC1c1ncn[nH]1. The molecule has 1 aromatic heterocycles. The number of H-pyrrole nitrogens is 1. The van der Waals surface area contributed by atoms with Crippen LogP contribution in [0.4, 0.5) is 0 Å².